The zero-order chi connectivity index (χ0) is 23.3. The molecule has 6 heteroatoms. The minimum absolute atomic E-state index is 0.223. The molecule has 2 aromatic carbocycles. The van der Waals surface area contributed by atoms with Crippen LogP contribution in [0, 0.1) is 6.92 Å². The Morgan fingerprint density at radius 2 is 1.88 bits per heavy atom. The second-order valence-corrected chi connectivity index (χ2v) is 11.4. The van der Waals surface area contributed by atoms with Crippen molar-refractivity contribution in [1.82, 2.24) is 15.0 Å². The summed E-state index contributed by atoms with van der Waals surface area (Å²) in [6.45, 7) is 7.02. The molecular formula is C28H25N3OS2. The molecule has 4 nitrogen and oxygen atoms in total. The molecule has 0 aliphatic carbocycles. The lowest BCUT2D eigenvalue weighted by atomic mass is 9.88. The molecule has 0 fully saturated rings. The highest BCUT2D eigenvalue weighted by atomic mass is 32.2. The lowest BCUT2D eigenvalue weighted by molar-refractivity contribution is -0.0394. The van der Waals surface area contributed by atoms with Crippen molar-refractivity contribution in [3.05, 3.63) is 83.2 Å². The molecule has 0 N–H and O–H groups in total. The van der Waals surface area contributed by atoms with Crippen molar-refractivity contribution in [1.29, 1.82) is 0 Å². The van der Waals surface area contributed by atoms with Gasteiger partial charge in [-0.1, -0.05) is 60.2 Å². The van der Waals surface area contributed by atoms with Crippen LogP contribution in [0.4, 0.5) is 0 Å². The van der Waals surface area contributed by atoms with E-state index in [9.17, 15) is 0 Å². The highest BCUT2D eigenvalue weighted by Crippen LogP contribution is 2.44. The minimum Gasteiger partial charge on any atom is -0.370 e. The summed E-state index contributed by atoms with van der Waals surface area (Å²) in [4.78, 5) is 15.6. The van der Waals surface area contributed by atoms with Crippen molar-refractivity contribution in [2.75, 3.05) is 0 Å². The number of pyridine rings is 1. The first-order chi connectivity index (χ1) is 16.5. The molecule has 5 aromatic rings. The molecule has 0 atom stereocenters. The van der Waals surface area contributed by atoms with E-state index in [0.29, 0.717) is 6.61 Å². The Labute approximate surface area is 207 Å². The quantitative estimate of drug-likeness (QED) is 0.197. The van der Waals surface area contributed by atoms with E-state index >= 15 is 0 Å². The van der Waals surface area contributed by atoms with Crippen LogP contribution in [0.2, 0.25) is 0 Å². The van der Waals surface area contributed by atoms with Gasteiger partial charge in [0.1, 0.15) is 16.2 Å². The average Bonchev–Trinajstić information content (AvgIpc) is 3.21. The number of nitrogens with zero attached hydrogens (tertiary/aromatic N) is 3. The van der Waals surface area contributed by atoms with Gasteiger partial charge >= 0.3 is 0 Å². The van der Waals surface area contributed by atoms with Crippen molar-refractivity contribution in [2.24, 2.45) is 0 Å². The van der Waals surface area contributed by atoms with Crippen molar-refractivity contribution < 1.29 is 4.74 Å². The third kappa shape index (κ3) is 3.90. The Balaban J connectivity index is 1.53. The van der Waals surface area contributed by atoms with E-state index in [2.05, 4.69) is 74.3 Å². The highest BCUT2D eigenvalue weighted by Gasteiger charge is 2.32. The Morgan fingerprint density at radius 3 is 2.71 bits per heavy atom. The fourth-order valence-electron chi connectivity index (χ4n) is 4.68. The molecule has 0 saturated heterocycles. The second kappa shape index (κ2) is 8.45. The number of hydrogen-bond acceptors (Lipinski definition) is 6. The Kier molecular flexibility index (Phi) is 5.40. The van der Waals surface area contributed by atoms with Crippen LogP contribution in [-0.4, -0.2) is 20.6 Å². The van der Waals surface area contributed by atoms with E-state index in [1.807, 2.05) is 6.07 Å². The van der Waals surface area contributed by atoms with E-state index in [4.69, 9.17) is 14.7 Å². The molecule has 0 amide bonds. The molecule has 0 unspecified atom stereocenters. The number of rotatable bonds is 4. The summed E-state index contributed by atoms with van der Waals surface area (Å²) in [5.74, 6) is 0.879. The molecule has 0 spiro atoms. The van der Waals surface area contributed by atoms with Crippen molar-refractivity contribution in [2.45, 2.75) is 50.2 Å². The predicted molar refractivity (Wildman–Crippen MR) is 141 cm³/mol. The topological polar surface area (TPSA) is 47.9 Å². The number of aryl methyl sites for hydroxylation is 1. The van der Waals surface area contributed by atoms with E-state index in [0.717, 1.165) is 43.5 Å². The van der Waals surface area contributed by atoms with Crippen LogP contribution in [0.3, 0.4) is 0 Å². The van der Waals surface area contributed by atoms with Gasteiger partial charge in [0.2, 0.25) is 0 Å². The fourth-order valence-corrected chi connectivity index (χ4v) is 6.85. The number of hydrogen-bond donors (Lipinski definition) is 0. The third-order valence-corrected chi connectivity index (χ3v) is 8.57. The second-order valence-electron chi connectivity index (χ2n) is 9.43. The van der Waals surface area contributed by atoms with Gasteiger partial charge in [-0.25, -0.2) is 15.0 Å². The van der Waals surface area contributed by atoms with Crippen LogP contribution in [0.25, 0.3) is 31.7 Å². The van der Waals surface area contributed by atoms with Gasteiger partial charge in [0.25, 0.3) is 0 Å². The maximum absolute atomic E-state index is 6.24. The number of thioether (sulfide) groups is 1. The summed E-state index contributed by atoms with van der Waals surface area (Å²) < 4.78 is 7.36. The van der Waals surface area contributed by atoms with Crippen LogP contribution < -0.4 is 0 Å². The molecule has 0 radical (unpaired) electrons. The van der Waals surface area contributed by atoms with Crippen LogP contribution in [0.5, 0.6) is 0 Å². The lowest BCUT2D eigenvalue weighted by Gasteiger charge is -2.33. The fraction of sp³-hybridized carbons (Fsp3) is 0.250. The van der Waals surface area contributed by atoms with Gasteiger partial charge in [-0.05, 0) is 31.9 Å². The minimum atomic E-state index is -0.223. The summed E-state index contributed by atoms with van der Waals surface area (Å²) in [6, 6.07) is 19.1. The molecule has 170 valence electrons. The van der Waals surface area contributed by atoms with Gasteiger partial charge in [0, 0.05) is 28.7 Å². The van der Waals surface area contributed by atoms with Crippen LogP contribution >= 0.6 is 23.1 Å². The summed E-state index contributed by atoms with van der Waals surface area (Å²) in [7, 11) is 0. The average molecular weight is 484 g/mol. The van der Waals surface area contributed by atoms with Crippen LogP contribution in [-0.2, 0) is 23.5 Å². The normalized spacial score (nSPS) is 15.0. The first-order valence-corrected chi connectivity index (χ1v) is 13.3. The molecule has 1 aliphatic heterocycles. The number of thiophene rings is 1. The van der Waals surface area contributed by atoms with E-state index in [1.165, 1.54) is 27.6 Å². The summed E-state index contributed by atoms with van der Waals surface area (Å²) in [6.07, 6.45) is 2.54. The lowest BCUT2D eigenvalue weighted by Crippen LogP contribution is -2.32. The molecule has 0 bridgehead atoms. The Hall–Kier alpha value is -2.80. The van der Waals surface area contributed by atoms with Gasteiger partial charge in [-0.2, -0.15) is 0 Å². The Morgan fingerprint density at radius 1 is 1.03 bits per heavy atom. The summed E-state index contributed by atoms with van der Waals surface area (Å²) in [5.41, 5.74) is 8.03. The maximum Gasteiger partial charge on any atom is 0.127 e. The van der Waals surface area contributed by atoms with Gasteiger partial charge in [0.15, 0.2) is 0 Å². The molecule has 3 aromatic heterocycles. The molecule has 1 aliphatic rings. The molecule has 0 saturated carbocycles. The monoisotopic (exact) mass is 483 g/mol. The van der Waals surface area contributed by atoms with Gasteiger partial charge in [-0.3, -0.25) is 0 Å². The first kappa shape index (κ1) is 21.7. The molecule has 4 heterocycles. The standard InChI is InChI=1S/C28H25N3OS2/c1-17-8-7-9-18(12-17)15-33-27-25-24(29-16-30-27)22-20-13-28(2,3)32-14-21(20)23(31-26(22)34-25)19-10-5-4-6-11-19/h4-12,16H,13-15H2,1-3H3. The number of benzene rings is 2. The van der Waals surface area contributed by atoms with E-state index in [1.54, 1.807) is 29.4 Å². The van der Waals surface area contributed by atoms with Crippen molar-refractivity contribution in [3.8, 4) is 11.3 Å². The van der Waals surface area contributed by atoms with Gasteiger partial charge in [-0.15, -0.1) is 23.1 Å². The van der Waals surface area contributed by atoms with Crippen LogP contribution in [0.1, 0.15) is 36.1 Å². The predicted octanol–water partition coefficient (Wildman–Crippen LogP) is 7.36. The Bertz CT molecular complexity index is 1530. The molecule has 6 rings (SSSR count). The first-order valence-electron chi connectivity index (χ1n) is 11.5. The maximum atomic E-state index is 6.24. The van der Waals surface area contributed by atoms with Gasteiger partial charge in [0.05, 0.1) is 28.1 Å². The number of ether oxygens (including phenoxy) is 1. The summed E-state index contributed by atoms with van der Waals surface area (Å²) >= 11 is 3.48. The number of fused-ring (bicyclic) bond motifs is 5. The zero-order valence-electron chi connectivity index (χ0n) is 19.5. The molecule has 34 heavy (non-hydrogen) atoms. The molecular weight excluding hydrogens is 458 g/mol. The third-order valence-electron chi connectivity index (χ3n) is 6.30. The number of aromatic nitrogens is 3. The van der Waals surface area contributed by atoms with E-state index < -0.39 is 0 Å². The summed E-state index contributed by atoms with van der Waals surface area (Å²) in [5, 5.41) is 2.20. The van der Waals surface area contributed by atoms with Gasteiger partial charge < -0.3 is 4.74 Å². The largest absolute Gasteiger partial charge is 0.370 e. The SMILES string of the molecule is Cc1cccc(CSc2ncnc3c2sc2nc(-c4ccccc4)c4c(c23)CC(C)(C)OC4)c1. The van der Waals surface area contributed by atoms with Crippen LogP contribution in [0.15, 0.2) is 66.0 Å². The smallest absolute Gasteiger partial charge is 0.127 e. The van der Waals surface area contributed by atoms with Crippen molar-refractivity contribution in [3.63, 3.8) is 0 Å². The zero-order valence-corrected chi connectivity index (χ0v) is 21.1. The highest BCUT2D eigenvalue weighted by molar-refractivity contribution is 7.98. The van der Waals surface area contributed by atoms with E-state index in [-0.39, 0.29) is 5.60 Å². The van der Waals surface area contributed by atoms with Crippen molar-refractivity contribution >= 4 is 43.5 Å².